The Bertz CT molecular complexity index is 140. The molecule has 72 valence electrons. The van der Waals surface area contributed by atoms with E-state index in [2.05, 4.69) is 18.7 Å². The van der Waals surface area contributed by atoms with Gasteiger partial charge in [-0.25, -0.2) is 0 Å². The third kappa shape index (κ3) is 2.64. The van der Waals surface area contributed by atoms with Gasteiger partial charge in [0.25, 0.3) is 0 Å². The van der Waals surface area contributed by atoms with Gasteiger partial charge in [0.1, 0.15) is 0 Å². The van der Waals surface area contributed by atoms with Crippen LogP contribution in [-0.4, -0.2) is 46.2 Å². The van der Waals surface area contributed by atoms with Crippen molar-refractivity contribution in [3.63, 3.8) is 0 Å². The summed E-state index contributed by atoms with van der Waals surface area (Å²) in [7, 11) is 0. The fourth-order valence-corrected chi connectivity index (χ4v) is 2.56. The van der Waals surface area contributed by atoms with E-state index in [0.29, 0.717) is 6.04 Å². The predicted octanol–water partition coefficient (Wildman–Crippen LogP) is 1.19. The first-order chi connectivity index (χ1) is 5.61. The van der Waals surface area contributed by atoms with E-state index in [1.807, 2.05) is 18.7 Å². The molecule has 1 heterocycles. The van der Waals surface area contributed by atoms with Gasteiger partial charge >= 0.3 is 0 Å². The predicted molar refractivity (Wildman–Crippen MR) is 54.6 cm³/mol. The largest absolute Gasteiger partial charge is 0.392 e. The van der Waals surface area contributed by atoms with Crippen molar-refractivity contribution in [3.8, 4) is 0 Å². The van der Waals surface area contributed by atoms with Gasteiger partial charge in [-0.15, -0.1) is 0 Å². The zero-order valence-corrected chi connectivity index (χ0v) is 8.97. The second kappa shape index (κ2) is 4.49. The molecule has 0 amide bonds. The SMILES string of the molecule is CC1CN(C(C)C(C)O)CCS1. The van der Waals surface area contributed by atoms with E-state index in [9.17, 15) is 5.11 Å². The third-order valence-corrected chi connectivity index (χ3v) is 3.68. The Morgan fingerprint density at radius 2 is 2.17 bits per heavy atom. The first kappa shape index (κ1) is 10.4. The molecule has 0 bridgehead atoms. The summed E-state index contributed by atoms with van der Waals surface area (Å²) in [6.07, 6.45) is -0.208. The molecular weight excluding hydrogens is 170 g/mol. The molecule has 1 aliphatic rings. The van der Waals surface area contributed by atoms with Crippen molar-refractivity contribution < 1.29 is 5.11 Å². The number of aliphatic hydroxyl groups is 1. The van der Waals surface area contributed by atoms with Gasteiger partial charge in [0, 0.05) is 30.1 Å². The summed E-state index contributed by atoms with van der Waals surface area (Å²) in [4.78, 5) is 2.38. The molecule has 3 heteroatoms. The van der Waals surface area contributed by atoms with E-state index >= 15 is 0 Å². The number of hydrogen-bond donors (Lipinski definition) is 1. The van der Waals surface area contributed by atoms with Crippen LogP contribution in [0.1, 0.15) is 20.8 Å². The maximum Gasteiger partial charge on any atom is 0.0664 e. The van der Waals surface area contributed by atoms with Crippen LogP contribution in [-0.2, 0) is 0 Å². The summed E-state index contributed by atoms with van der Waals surface area (Å²) in [5.41, 5.74) is 0. The molecule has 1 aliphatic heterocycles. The number of aliphatic hydroxyl groups excluding tert-OH is 1. The van der Waals surface area contributed by atoms with Crippen LogP contribution in [0.15, 0.2) is 0 Å². The van der Waals surface area contributed by atoms with Crippen LogP contribution >= 0.6 is 11.8 Å². The number of nitrogens with zero attached hydrogens (tertiary/aromatic N) is 1. The Labute approximate surface area is 79.3 Å². The van der Waals surface area contributed by atoms with Gasteiger partial charge in [-0.2, -0.15) is 11.8 Å². The van der Waals surface area contributed by atoms with Gasteiger partial charge in [-0.3, -0.25) is 4.90 Å². The van der Waals surface area contributed by atoms with E-state index < -0.39 is 0 Å². The van der Waals surface area contributed by atoms with Crippen LogP contribution in [0.2, 0.25) is 0 Å². The summed E-state index contributed by atoms with van der Waals surface area (Å²) in [5.74, 6) is 1.21. The molecule has 12 heavy (non-hydrogen) atoms. The van der Waals surface area contributed by atoms with Crippen molar-refractivity contribution in [2.45, 2.75) is 38.2 Å². The smallest absolute Gasteiger partial charge is 0.0664 e. The van der Waals surface area contributed by atoms with Crippen LogP contribution in [0.4, 0.5) is 0 Å². The number of thioether (sulfide) groups is 1. The van der Waals surface area contributed by atoms with Crippen molar-refractivity contribution in [3.05, 3.63) is 0 Å². The molecule has 1 N–H and O–H groups in total. The van der Waals surface area contributed by atoms with Crippen molar-refractivity contribution in [1.29, 1.82) is 0 Å². The quantitative estimate of drug-likeness (QED) is 0.706. The lowest BCUT2D eigenvalue weighted by molar-refractivity contribution is 0.0736. The van der Waals surface area contributed by atoms with Crippen LogP contribution < -0.4 is 0 Å². The molecule has 0 spiro atoms. The fraction of sp³-hybridized carbons (Fsp3) is 1.00. The van der Waals surface area contributed by atoms with E-state index in [1.54, 1.807) is 0 Å². The van der Waals surface area contributed by atoms with Gasteiger partial charge in [0.05, 0.1) is 6.10 Å². The Balaban J connectivity index is 2.40. The topological polar surface area (TPSA) is 23.5 Å². The van der Waals surface area contributed by atoms with E-state index in [-0.39, 0.29) is 6.10 Å². The van der Waals surface area contributed by atoms with Gasteiger partial charge < -0.3 is 5.11 Å². The van der Waals surface area contributed by atoms with Gasteiger partial charge in [-0.1, -0.05) is 6.92 Å². The van der Waals surface area contributed by atoms with Crippen LogP contribution in [0.3, 0.4) is 0 Å². The highest BCUT2D eigenvalue weighted by atomic mass is 32.2. The minimum absolute atomic E-state index is 0.208. The summed E-state index contributed by atoms with van der Waals surface area (Å²) in [5, 5.41) is 10.1. The molecule has 0 aromatic carbocycles. The van der Waals surface area contributed by atoms with Gasteiger partial charge in [0.15, 0.2) is 0 Å². The molecule has 0 saturated carbocycles. The standard InChI is InChI=1S/C9H19NOS/c1-7-6-10(4-5-12-7)8(2)9(3)11/h7-9,11H,4-6H2,1-3H3. The van der Waals surface area contributed by atoms with Gasteiger partial charge in [-0.05, 0) is 13.8 Å². The van der Waals surface area contributed by atoms with Crippen molar-refractivity contribution >= 4 is 11.8 Å². The maximum atomic E-state index is 9.41. The average Bonchev–Trinajstić information content (AvgIpc) is 2.03. The zero-order chi connectivity index (χ0) is 9.14. The molecule has 3 unspecified atom stereocenters. The molecule has 2 nitrogen and oxygen atoms in total. The molecule has 3 atom stereocenters. The monoisotopic (exact) mass is 189 g/mol. The normalized spacial score (nSPS) is 31.5. The summed E-state index contributed by atoms with van der Waals surface area (Å²) in [6, 6.07) is 0.313. The first-order valence-corrected chi connectivity index (χ1v) is 5.70. The lowest BCUT2D eigenvalue weighted by Gasteiger charge is -2.36. The highest BCUT2D eigenvalue weighted by Gasteiger charge is 2.23. The minimum Gasteiger partial charge on any atom is -0.392 e. The fourth-order valence-electron chi connectivity index (χ4n) is 1.52. The molecule has 0 aromatic rings. The summed E-state index contributed by atoms with van der Waals surface area (Å²) < 4.78 is 0. The number of hydrogen-bond acceptors (Lipinski definition) is 3. The lowest BCUT2D eigenvalue weighted by Crippen LogP contribution is -2.46. The first-order valence-electron chi connectivity index (χ1n) is 4.65. The highest BCUT2D eigenvalue weighted by Crippen LogP contribution is 2.20. The lowest BCUT2D eigenvalue weighted by atomic mass is 10.1. The highest BCUT2D eigenvalue weighted by molar-refractivity contribution is 7.99. The van der Waals surface area contributed by atoms with Crippen molar-refractivity contribution in [1.82, 2.24) is 4.90 Å². The summed E-state index contributed by atoms with van der Waals surface area (Å²) >= 11 is 2.03. The van der Waals surface area contributed by atoms with Crippen molar-refractivity contribution in [2.24, 2.45) is 0 Å². The zero-order valence-electron chi connectivity index (χ0n) is 8.16. The second-order valence-corrected chi connectivity index (χ2v) is 5.20. The minimum atomic E-state index is -0.208. The average molecular weight is 189 g/mol. The Kier molecular flexibility index (Phi) is 3.87. The van der Waals surface area contributed by atoms with Gasteiger partial charge in [0.2, 0.25) is 0 Å². The summed E-state index contributed by atoms with van der Waals surface area (Å²) in [6.45, 7) is 8.48. The Morgan fingerprint density at radius 1 is 1.50 bits per heavy atom. The molecule has 0 aliphatic carbocycles. The molecule has 1 fully saturated rings. The van der Waals surface area contributed by atoms with E-state index in [0.717, 1.165) is 18.3 Å². The van der Waals surface area contributed by atoms with Crippen molar-refractivity contribution in [2.75, 3.05) is 18.8 Å². The van der Waals surface area contributed by atoms with Crippen LogP contribution in [0, 0.1) is 0 Å². The van der Waals surface area contributed by atoms with E-state index in [4.69, 9.17) is 0 Å². The molecular formula is C9H19NOS. The second-order valence-electron chi connectivity index (χ2n) is 3.66. The van der Waals surface area contributed by atoms with Crippen LogP contribution in [0.5, 0.6) is 0 Å². The molecule has 0 radical (unpaired) electrons. The Morgan fingerprint density at radius 3 is 2.67 bits per heavy atom. The third-order valence-electron chi connectivity index (χ3n) is 2.55. The Hall–Kier alpha value is 0.270. The number of rotatable bonds is 2. The van der Waals surface area contributed by atoms with E-state index in [1.165, 1.54) is 5.75 Å². The molecule has 1 saturated heterocycles. The maximum absolute atomic E-state index is 9.41. The molecule has 0 aromatic heterocycles. The van der Waals surface area contributed by atoms with Crippen LogP contribution in [0.25, 0.3) is 0 Å². The molecule has 1 rings (SSSR count).